The first-order valence-electron chi connectivity index (χ1n) is 9.78. The molecule has 0 aliphatic heterocycles. The molecule has 1 N–H and O–H groups in total. The highest BCUT2D eigenvalue weighted by atomic mass is 35.5. The fourth-order valence-corrected chi connectivity index (χ4v) is 4.21. The van der Waals surface area contributed by atoms with Crippen LogP contribution in [0.1, 0.15) is 5.56 Å². The lowest BCUT2D eigenvalue weighted by Gasteiger charge is -2.10. The monoisotopic (exact) mass is 549 g/mol. The van der Waals surface area contributed by atoms with Gasteiger partial charge >= 0.3 is 0 Å². The summed E-state index contributed by atoms with van der Waals surface area (Å²) in [6, 6.07) is 19.6. The van der Waals surface area contributed by atoms with Crippen LogP contribution in [0, 0.1) is 0 Å². The Hall–Kier alpha value is -2.55. The van der Waals surface area contributed by atoms with E-state index in [9.17, 15) is 4.79 Å². The molecule has 1 amide bonds. The van der Waals surface area contributed by atoms with Gasteiger partial charge in [-0.15, -0.1) is 10.2 Å². The minimum Gasteiger partial charge on any atom is -0.272 e. The van der Waals surface area contributed by atoms with E-state index >= 15 is 0 Å². The predicted molar refractivity (Wildman–Crippen MR) is 140 cm³/mol. The van der Waals surface area contributed by atoms with E-state index < -0.39 is 0 Å². The summed E-state index contributed by atoms with van der Waals surface area (Å²) in [5.74, 6) is 0.380. The average Bonchev–Trinajstić information content (AvgIpc) is 3.25. The molecule has 34 heavy (non-hydrogen) atoms. The van der Waals surface area contributed by atoms with Gasteiger partial charge < -0.3 is 0 Å². The zero-order valence-electron chi connectivity index (χ0n) is 17.3. The number of hydrogen-bond donors (Lipinski definition) is 1. The Balaban J connectivity index is 1.50. The molecule has 0 saturated carbocycles. The third-order valence-electron chi connectivity index (χ3n) is 4.50. The van der Waals surface area contributed by atoms with Gasteiger partial charge in [-0.05, 0) is 66.2 Å². The zero-order valence-corrected chi connectivity index (χ0v) is 21.1. The van der Waals surface area contributed by atoms with Crippen LogP contribution in [0.3, 0.4) is 0 Å². The topological polar surface area (TPSA) is 72.2 Å². The largest absolute Gasteiger partial charge is 0.272 e. The van der Waals surface area contributed by atoms with Crippen molar-refractivity contribution in [3.05, 3.63) is 92.4 Å². The molecule has 4 rings (SSSR count). The molecule has 0 saturated heterocycles. The number of hydrogen-bond acceptors (Lipinski definition) is 5. The number of aromatic nitrogens is 3. The van der Waals surface area contributed by atoms with Crippen molar-refractivity contribution >= 4 is 70.3 Å². The van der Waals surface area contributed by atoms with Crippen molar-refractivity contribution in [2.24, 2.45) is 5.10 Å². The van der Waals surface area contributed by atoms with E-state index in [1.165, 1.54) is 18.0 Å². The van der Waals surface area contributed by atoms with Crippen molar-refractivity contribution in [1.82, 2.24) is 20.2 Å². The van der Waals surface area contributed by atoms with Gasteiger partial charge in [0.25, 0.3) is 5.91 Å². The number of rotatable bonds is 7. The third-order valence-corrected chi connectivity index (χ3v) is 6.67. The Kier molecular flexibility index (Phi) is 8.13. The summed E-state index contributed by atoms with van der Waals surface area (Å²) >= 11 is 25.2. The summed E-state index contributed by atoms with van der Waals surface area (Å²) in [5.41, 5.74) is 4.83. The van der Waals surface area contributed by atoms with E-state index in [2.05, 4.69) is 20.7 Å². The van der Waals surface area contributed by atoms with E-state index in [0.717, 1.165) is 11.3 Å². The quantitative estimate of drug-likeness (QED) is 0.156. The highest BCUT2D eigenvalue weighted by molar-refractivity contribution is 7.99. The summed E-state index contributed by atoms with van der Waals surface area (Å²) < 4.78 is 1.86. The lowest BCUT2D eigenvalue weighted by atomic mass is 10.2. The third kappa shape index (κ3) is 6.11. The molecular formula is C23H15Cl4N5OS. The van der Waals surface area contributed by atoms with Crippen molar-refractivity contribution in [2.45, 2.75) is 5.16 Å². The second-order valence-corrected chi connectivity index (χ2v) is 9.51. The molecule has 0 unspecified atom stereocenters. The maximum atomic E-state index is 12.4. The lowest BCUT2D eigenvalue weighted by molar-refractivity contribution is -0.118. The van der Waals surface area contributed by atoms with Crippen LogP contribution in [0.25, 0.3) is 17.1 Å². The van der Waals surface area contributed by atoms with Crippen molar-refractivity contribution in [3.8, 4) is 17.1 Å². The van der Waals surface area contributed by atoms with Crippen molar-refractivity contribution in [1.29, 1.82) is 0 Å². The first-order chi connectivity index (χ1) is 16.4. The van der Waals surface area contributed by atoms with Gasteiger partial charge in [0, 0.05) is 21.3 Å². The molecule has 3 aromatic carbocycles. The van der Waals surface area contributed by atoms with Crippen LogP contribution in [0.2, 0.25) is 20.1 Å². The van der Waals surface area contributed by atoms with Crippen LogP contribution in [0.5, 0.6) is 0 Å². The average molecular weight is 551 g/mol. The molecule has 0 fully saturated rings. The molecule has 11 heteroatoms. The van der Waals surface area contributed by atoms with Crippen molar-refractivity contribution < 1.29 is 4.79 Å². The Morgan fingerprint density at radius 2 is 1.59 bits per heavy atom. The number of nitrogens with one attached hydrogen (secondary N) is 1. The van der Waals surface area contributed by atoms with Gasteiger partial charge in [-0.2, -0.15) is 5.10 Å². The molecule has 0 aliphatic rings. The zero-order chi connectivity index (χ0) is 24.1. The molecule has 0 atom stereocenters. The molecule has 0 bridgehead atoms. The smallest absolute Gasteiger partial charge is 0.250 e. The van der Waals surface area contributed by atoms with Crippen molar-refractivity contribution in [2.75, 3.05) is 5.75 Å². The number of thioether (sulfide) groups is 1. The SMILES string of the molecule is O=C(CSc1nnc(-c2ccc(Cl)cc2)n1-c1ccc(Cl)cc1)N/N=C\c1ccc(Cl)c(Cl)c1. The second-order valence-electron chi connectivity index (χ2n) is 6.88. The minimum atomic E-state index is -0.306. The van der Waals surface area contributed by atoms with Gasteiger partial charge in [0.15, 0.2) is 11.0 Å². The molecule has 0 spiro atoms. The number of nitrogens with zero attached hydrogens (tertiary/aromatic N) is 4. The van der Waals surface area contributed by atoms with E-state index in [4.69, 9.17) is 46.4 Å². The van der Waals surface area contributed by atoms with E-state index in [0.29, 0.717) is 36.6 Å². The van der Waals surface area contributed by atoms with E-state index in [1.807, 2.05) is 28.8 Å². The van der Waals surface area contributed by atoms with Gasteiger partial charge in [0.05, 0.1) is 22.0 Å². The number of carbonyl (C=O) groups excluding carboxylic acids is 1. The van der Waals surface area contributed by atoms with Crippen molar-refractivity contribution in [3.63, 3.8) is 0 Å². The summed E-state index contributed by atoms with van der Waals surface area (Å²) in [6.45, 7) is 0. The fourth-order valence-electron chi connectivity index (χ4n) is 2.91. The maximum Gasteiger partial charge on any atom is 0.250 e. The van der Waals surface area contributed by atoms with Gasteiger partial charge in [-0.1, -0.05) is 64.2 Å². The van der Waals surface area contributed by atoms with Crippen LogP contribution in [-0.2, 0) is 4.79 Å². The number of benzene rings is 3. The second kappa shape index (κ2) is 11.3. The standard InChI is InChI=1S/C23H15Cl4N5OS/c24-16-4-2-15(3-5-16)22-30-31-23(32(22)18-8-6-17(25)7-9-18)34-13-21(33)29-28-12-14-1-10-19(26)20(27)11-14/h1-12H,13H2,(H,29,33)/b28-12-. The first kappa shape index (κ1) is 24.6. The van der Waals surface area contributed by atoms with Crippen LogP contribution in [0.4, 0.5) is 0 Å². The Labute approximate surface area is 219 Å². The highest BCUT2D eigenvalue weighted by Gasteiger charge is 2.17. The van der Waals surface area contributed by atoms with Crippen LogP contribution < -0.4 is 5.43 Å². The van der Waals surface area contributed by atoms with Gasteiger partial charge in [-0.3, -0.25) is 9.36 Å². The number of halogens is 4. The van der Waals surface area contributed by atoms with Crippen LogP contribution in [-0.4, -0.2) is 32.6 Å². The lowest BCUT2D eigenvalue weighted by Crippen LogP contribution is -2.20. The predicted octanol–water partition coefficient (Wildman–Crippen LogP) is 6.79. The fraction of sp³-hybridized carbons (Fsp3) is 0.0435. The molecule has 4 aromatic rings. The number of hydrazone groups is 1. The molecular weight excluding hydrogens is 536 g/mol. The highest BCUT2D eigenvalue weighted by Crippen LogP contribution is 2.29. The molecule has 172 valence electrons. The molecule has 0 radical (unpaired) electrons. The summed E-state index contributed by atoms with van der Waals surface area (Å²) in [6.07, 6.45) is 1.49. The molecule has 1 heterocycles. The molecule has 0 aliphatic carbocycles. The molecule has 1 aromatic heterocycles. The van der Waals surface area contributed by atoms with Crippen LogP contribution >= 0.6 is 58.2 Å². The normalized spacial score (nSPS) is 11.2. The number of carbonyl (C=O) groups is 1. The Morgan fingerprint density at radius 1 is 0.912 bits per heavy atom. The maximum absolute atomic E-state index is 12.4. The summed E-state index contributed by atoms with van der Waals surface area (Å²) in [5, 5.41) is 15.2. The van der Waals surface area contributed by atoms with Gasteiger partial charge in [0.2, 0.25) is 0 Å². The molecule has 6 nitrogen and oxygen atoms in total. The summed E-state index contributed by atoms with van der Waals surface area (Å²) in [4.78, 5) is 12.4. The first-order valence-corrected chi connectivity index (χ1v) is 12.3. The van der Waals surface area contributed by atoms with E-state index in [1.54, 1.807) is 42.5 Å². The van der Waals surface area contributed by atoms with Crippen LogP contribution in [0.15, 0.2) is 77.0 Å². The Morgan fingerprint density at radius 3 is 2.26 bits per heavy atom. The van der Waals surface area contributed by atoms with Gasteiger partial charge in [0.1, 0.15) is 0 Å². The number of amides is 1. The Bertz CT molecular complexity index is 1340. The van der Waals surface area contributed by atoms with Gasteiger partial charge in [-0.25, -0.2) is 5.43 Å². The minimum absolute atomic E-state index is 0.0745. The van der Waals surface area contributed by atoms with E-state index in [-0.39, 0.29) is 11.7 Å². The summed E-state index contributed by atoms with van der Waals surface area (Å²) in [7, 11) is 0.